The molecule has 0 spiro atoms. The van der Waals surface area contributed by atoms with Crippen molar-refractivity contribution in [2.45, 2.75) is 12.5 Å². The Morgan fingerprint density at radius 1 is 1.32 bits per heavy atom. The van der Waals surface area contributed by atoms with Crippen LogP contribution in [0, 0.1) is 5.82 Å². The Bertz CT molecular complexity index is 1110. The molecule has 2 aromatic heterocycles. The van der Waals surface area contributed by atoms with E-state index in [-0.39, 0.29) is 29.2 Å². The van der Waals surface area contributed by atoms with Gasteiger partial charge in [0.15, 0.2) is 17.4 Å². The van der Waals surface area contributed by atoms with Gasteiger partial charge in [-0.15, -0.1) is 0 Å². The molecule has 1 aromatic carbocycles. The van der Waals surface area contributed by atoms with Gasteiger partial charge in [-0.05, 0) is 37.2 Å². The van der Waals surface area contributed by atoms with E-state index in [0.717, 1.165) is 19.5 Å². The second-order valence-electron chi connectivity index (χ2n) is 6.94. The van der Waals surface area contributed by atoms with Crippen LogP contribution in [0.1, 0.15) is 16.8 Å². The van der Waals surface area contributed by atoms with E-state index >= 15 is 0 Å². The molecule has 1 saturated heterocycles. The third kappa shape index (κ3) is 4.73. The molecule has 0 unspecified atom stereocenters. The number of methoxy groups -OCH3 is 1. The molecular weight excluding hydrogens is 423 g/mol. The van der Waals surface area contributed by atoms with E-state index in [4.69, 9.17) is 16.3 Å². The average molecular weight is 443 g/mol. The van der Waals surface area contributed by atoms with Crippen molar-refractivity contribution in [2.75, 3.05) is 25.5 Å². The highest BCUT2D eigenvalue weighted by molar-refractivity contribution is 6.30. The molecule has 1 aliphatic rings. The summed E-state index contributed by atoms with van der Waals surface area (Å²) >= 11 is 6.00. The predicted octanol–water partition coefficient (Wildman–Crippen LogP) is 3.18. The SMILES string of the molecule is COc1cnc(-c2cc(Cl)ccc2F)nc1Nc1ccncc1C(=O)N[C@H]1CCNC1. The van der Waals surface area contributed by atoms with Crippen LogP contribution < -0.4 is 20.7 Å². The number of hydrogen-bond acceptors (Lipinski definition) is 7. The highest BCUT2D eigenvalue weighted by Crippen LogP contribution is 2.30. The molecule has 8 nitrogen and oxygen atoms in total. The van der Waals surface area contributed by atoms with Crippen LogP contribution in [-0.4, -0.2) is 47.1 Å². The molecular formula is C21H20ClFN6O2. The van der Waals surface area contributed by atoms with Crippen molar-refractivity contribution in [3.8, 4) is 17.1 Å². The lowest BCUT2D eigenvalue weighted by atomic mass is 10.2. The lowest BCUT2D eigenvalue weighted by Gasteiger charge is -2.16. The first-order chi connectivity index (χ1) is 15.0. The van der Waals surface area contributed by atoms with Gasteiger partial charge in [0, 0.05) is 30.0 Å². The smallest absolute Gasteiger partial charge is 0.255 e. The number of carbonyl (C=O) groups excluding carboxylic acids is 1. The Hall–Kier alpha value is -3.30. The van der Waals surface area contributed by atoms with Gasteiger partial charge >= 0.3 is 0 Å². The Morgan fingerprint density at radius 3 is 2.97 bits per heavy atom. The third-order valence-corrected chi connectivity index (χ3v) is 5.09. The van der Waals surface area contributed by atoms with E-state index in [0.29, 0.717) is 22.0 Å². The molecule has 3 N–H and O–H groups in total. The van der Waals surface area contributed by atoms with Crippen molar-refractivity contribution >= 4 is 29.0 Å². The Balaban J connectivity index is 1.66. The normalized spacial score (nSPS) is 15.5. The van der Waals surface area contributed by atoms with Crippen molar-refractivity contribution in [3.05, 3.63) is 59.3 Å². The minimum Gasteiger partial charge on any atom is -0.491 e. The van der Waals surface area contributed by atoms with Gasteiger partial charge in [-0.1, -0.05) is 11.6 Å². The molecule has 0 radical (unpaired) electrons. The number of carbonyl (C=O) groups is 1. The summed E-state index contributed by atoms with van der Waals surface area (Å²) in [7, 11) is 1.47. The van der Waals surface area contributed by atoms with Gasteiger partial charge in [-0.2, -0.15) is 0 Å². The summed E-state index contributed by atoms with van der Waals surface area (Å²) in [5.74, 6) is -0.0301. The average Bonchev–Trinajstić information content (AvgIpc) is 3.29. The molecule has 0 saturated carbocycles. The van der Waals surface area contributed by atoms with Crippen molar-refractivity contribution in [3.63, 3.8) is 0 Å². The highest BCUT2D eigenvalue weighted by atomic mass is 35.5. The van der Waals surface area contributed by atoms with Gasteiger partial charge < -0.3 is 20.7 Å². The van der Waals surface area contributed by atoms with Crippen molar-refractivity contribution in [1.82, 2.24) is 25.6 Å². The van der Waals surface area contributed by atoms with Crippen LogP contribution in [0.5, 0.6) is 5.75 Å². The Kier molecular flexibility index (Phi) is 6.24. The van der Waals surface area contributed by atoms with Crippen LogP contribution in [0.25, 0.3) is 11.4 Å². The summed E-state index contributed by atoms with van der Waals surface area (Å²) in [5, 5.41) is 9.66. The van der Waals surface area contributed by atoms with Crippen molar-refractivity contribution in [2.24, 2.45) is 0 Å². The number of benzene rings is 1. The maximum Gasteiger partial charge on any atom is 0.255 e. The van der Waals surface area contributed by atoms with Gasteiger partial charge in [-0.3, -0.25) is 9.78 Å². The first-order valence-corrected chi connectivity index (χ1v) is 10.0. The molecule has 4 rings (SSSR count). The lowest BCUT2D eigenvalue weighted by Crippen LogP contribution is -2.36. The summed E-state index contributed by atoms with van der Waals surface area (Å²) in [6.45, 7) is 1.59. The second kappa shape index (κ2) is 9.23. The van der Waals surface area contributed by atoms with Crippen LogP contribution in [-0.2, 0) is 0 Å². The van der Waals surface area contributed by atoms with Crippen LogP contribution in [0.2, 0.25) is 5.02 Å². The minimum atomic E-state index is -0.505. The number of anilines is 2. The second-order valence-corrected chi connectivity index (χ2v) is 7.38. The van der Waals surface area contributed by atoms with Crippen LogP contribution in [0.15, 0.2) is 42.9 Å². The van der Waals surface area contributed by atoms with E-state index < -0.39 is 5.82 Å². The molecule has 3 aromatic rings. The summed E-state index contributed by atoms with van der Waals surface area (Å²) in [6.07, 6.45) is 5.33. The number of pyridine rings is 1. The first kappa shape index (κ1) is 21.0. The molecule has 10 heteroatoms. The summed E-state index contributed by atoms with van der Waals surface area (Å²) in [6, 6.07) is 5.87. The van der Waals surface area contributed by atoms with Crippen molar-refractivity contribution in [1.29, 1.82) is 0 Å². The van der Waals surface area contributed by atoms with Gasteiger partial charge in [-0.25, -0.2) is 14.4 Å². The fourth-order valence-electron chi connectivity index (χ4n) is 3.26. The van der Waals surface area contributed by atoms with Gasteiger partial charge in [0.2, 0.25) is 0 Å². The predicted molar refractivity (Wildman–Crippen MR) is 115 cm³/mol. The quantitative estimate of drug-likeness (QED) is 0.539. The first-order valence-electron chi connectivity index (χ1n) is 9.64. The number of rotatable bonds is 6. The third-order valence-electron chi connectivity index (χ3n) is 4.86. The lowest BCUT2D eigenvalue weighted by molar-refractivity contribution is 0.0940. The molecule has 0 aliphatic carbocycles. The molecule has 1 amide bonds. The van der Waals surface area contributed by atoms with E-state index in [1.165, 1.54) is 37.7 Å². The number of nitrogens with one attached hydrogen (secondary N) is 3. The zero-order valence-electron chi connectivity index (χ0n) is 16.7. The van der Waals surface area contributed by atoms with Gasteiger partial charge in [0.25, 0.3) is 5.91 Å². The number of hydrogen-bond donors (Lipinski definition) is 3. The number of aromatic nitrogens is 3. The largest absolute Gasteiger partial charge is 0.491 e. The number of amides is 1. The van der Waals surface area contributed by atoms with E-state index in [1.807, 2.05) is 0 Å². The monoisotopic (exact) mass is 442 g/mol. The summed E-state index contributed by atoms with van der Waals surface area (Å²) < 4.78 is 19.6. The minimum absolute atomic E-state index is 0.0616. The van der Waals surface area contributed by atoms with Crippen molar-refractivity contribution < 1.29 is 13.9 Å². The summed E-state index contributed by atoms with van der Waals surface area (Å²) in [5.41, 5.74) is 0.984. The van der Waals surface area contributed by atoms with Gasteiger partial charge in [0.05, 0.1) is 30.1 Å². The molecule has 31 heavy (non-hydrogen) atoms. The fourth-order valence-corrected chi connectivity index (χ4v) is 3.43. The Morgan fingerprint density at radius 2 is 2.19 bits per heavy atom. The standard InChI is InChI=1S/C21H20ClFN6O2/c1-31-18-11-26-19(14-8-12(22)2-3-16(14)23)29-20(18)28-17-5-7-25-10-15(17)21(30)27-13-4-6-24-9-13/h2-3,5,7-8,10-11,13,24H,4,6,9H2,1H3,(H,27,30)(H,25,26,28,29)/t13-/m0/s1. The Labute approximate surface area is 183 Å². The van der Waals surface area contributed by atoms with Crippen LogP contribution in [0.3, 0.4) is 0 Å². The number of nitrogens with zero attached hydrogens (tertiary/aromatic N) is 3. The maximum absolute atomic E-state index is 14.3. The van der Waals surface area contributed by atoms with E-state index in [1.54, 1.807) is 12.3 Å². The molecule has 1 aliphatic heterocycles. The molecule has 1 fully saturated rings. The van der Waals surface area contributed by atoms with Crippen LogP contribution in [0.4, 0.5) is 15.9 Å². The molecule has 3 heterocycles. The van der Waals surface area contributed by atoms with E-state index in [9.17, 15) is 9.18 Å². The number of halogens is 2. The topological polar surface area (TPSA) is 101 Å². The number of ether oxygens (including phenoxy) is 1. The molecule has 0 bridgehead atoms. The maximum atomic E-state index is 14.3. The summed E-state index contributed by atoms with van der Waals surface area (Å²) in [4.78, 5) is 25.4. The van der Waals surface area contributed by atoms with E-state index in [2.05, 4.69) is 30.9 Å². The molecule has 1 atom stereocenters. The highest BCUT2D eigenvalue weighted by Gasteiger charge is 2.21. The molecule has 160 valence electrons. The fraction of sp³-hybridized carbons (Fsp3) is 0.238. The van der Waals surface area contributed by atoms with Gasteiger partial charge in [0.1, 0.15) is 5.82 Å². The van der Waals surface area contributed by atoms with Crippen LogP contribution >= 0.6 is 11.6 Å². The zero-order valence-corrected chi connectivity index (χ0v) is 17.4. The zero-order chi connectivity index (χ0) is 21.8.